The molecule has 0 aliphatic rings. The molecule has 0 unspecified atom stereocenters. The standard InChI is InChI=1S/C16H17BrFNO2/c1-16(2,3)14-6-10(9-20)7-15(19-14)21-11-4-5-13(18)12(17)8-11/h4-8,20H,9H2,1-3H3. The Morgan fingerprint density at radius 2 is 1.95 bits per heavy atom. The highest BCUT2D eigenvalue weighted by Crippen LogP contribution is 2.29. The van der Waals surface area contributed by atoms with Crippen LogP contribution in [0.25, 0.3) is 0 Å². The molecule has 1 N–H and O–H groups in total. The van der Waals surface area contributed by atoms with Gasteiger partial charge >= 0.3 is 0 Å². The van der Waals surface area contributed by atoms with Gasteiger partial charge in [0.25, 0.3) is 0 Å². The Kier molecular flexibility index (Phi) is 4.64. The Balaban J connectivity index is 2.36. The summed E-state index contributed by atoms with van der Waals surface area (Å²) in [6.07, 6.45) is 0. The summed E-state index contributed by atoms with van der Waals surface area (Å²) in [6, 6.07) is 7.92. The topological polar surface area (TPSA) is 42.4 Å². The highest BCUT2D eigenvalue weighted by atomic mass is 79.9. The normalized spacial score (nSPS) is 11.5. The lowest BCUT2D eigenvalue weighted by Crippen LogP contribution is -2.14. The van der Waals surface area contributed by atoms with Crippen molar-refractivity contribution in [1.29, 1.82) is 0 Å². The lowest BCUT2D eigenvalue weighted by molar-refractivity contribution is 0.280. The fourth-order valence-corrected chi connectivity index (χ4v) is 2.11. The van der Waals surface area contributed by atoms with Crippen molar-refractivity contribution in [2.24, 2.45) is 0 Å². The molecule has 2 aromatic rings. The zero-order valence-corrected chi connectivity index (χ0v) is 13.7. The van der Waals surface area contributed by atoms with Gasteiger partial charge in [-0.05, 0) is 45.8 Å². The quantitative estimate of drug-likeness (QED) is 0.878. The number of aliphatic hydroxyl groups excluding tert-OH is 1. The third kappa shape index (κ3) is 4.02. The lowest BCUT2D eigenvalue weighted by Gasteiger charge is -2.19. The molecule has 112 valence electrons. The maximum Gasteiger partial charge on any atom is 0.219 e. The Morgan fingerprint density at radius 1 is 1.24 bits per heavy atom. The fourth-order valence-electron chi connectivity index (χ4n) is 1.75. The van der Waals surface area contributed by atoms with Crippen LogP contribution in [0.2, 0.25) is 0 Å². The summed E-state index contributed by atoms with van der Waals surface area (Å²) in [5.41, 5.74) is 1.39. The molecule has 0 fully saturated rings. The third-order valence-corrected chi connectivity index (χ3v) is 3.53. The van der Waals surface area contributed by atoms with Crippen molar-refractivity contribution in [1.82, 2.24) is 4.98 Å². The number of halogens is 2. The minimum Gasteiger partial charge on any atom is -0.439 e. The van der Waals surface area contributed by atoms with E-state index in [1.807, 2.05) is 26.8 Å². The predicted molar refractivity (Wildman–Crippen MR) is 83.0 cm³/mol. The van der Waals surface area contributed by atoms with Crippen LogP contribution in [0.5, 0.6) is 11.6 Å². The average molecular weight is 354 g/mol. The monoisotopic (exact) mass is 353 g/mol. The Labute approximate surface area is 131 Å². The molecule has 0 aliphatic heterocycles. The molecule has 0 spiro atoms. The van der Waals surface area contributed by atoms with Crippen LogP contribution in [0.15, 0.2) is 34.8 Å². The second kappa shape index (κ2) is 6.12. The third-order valence-electron chi connectivity index (χ3n) is 2.93. The molecule has 0 aliphatic carbocycles. The number of rotatable bonds is 3. The predicted octanol–water partition coefficient (Wildman–Crippen LogP) is 4.57. The molecule has 1 heterocycles. The van der Waals surface area contributed by atoms with Gasteiger partial charge in [0, 0.05) is 11.5 Å². The van der Waals surface area contributed by atoms with Crippen LogP contribution in [0.1, 0.15) is 32.0 Å². The van der Waals surface area contributed by atoms with E-state index in [0.29, 0.717) is 16.1 Å². The van der Waals surface area contributed by atoms with Gasteiger partial charge in [-0.1, -0.05) is 20.8 Å². The van der Waals surface area contributed by atoms with Crippen LogP contribution in [-0.4, -0.2) is 10.1 Å². The lowest BCUT2D eigenvalue weighted by atomic mass is 9.91. The van der Waals surface area contributed by atoms with Crippen LogP contribution in [0.3, 0.4) is 0 Å². The number of benzene rings is 1. The molecular formula is C16H17BrFNO2. The van der Waals surface area contributed by atoms with Crippen molar-refractivity contribution < 1.29 is 14.2 Å². The van der Waals surface area contributed by atoms with E-state index in [1.165, 1.54) is 12.1 Å². The molecule has 0 saturated carbocycles. The van der Waals surface area contributed by atoms with Gasteiger partial charge in [0.2, 0.25) is 5.88 Å². The number of ether oxygens (including phenoxy) is 1. The van der Waals surface area contributed by atoms with Crippen molar-refractivity contribution >= 4 is 15.9 Å². The Bertz CT molecular complexity index is 653. The maximum absolute atomic E-state index is 13.2. The van der Waals surface area contributed by atoms with Gasteiger partial charge in [0.15, 0.2) is 0 Å². The summed E-state index contributed by atoms with van der Waals surface area (Å²) in [6.45, 7) is 6.02. The number of hydrogen-bond donors (Lipinski definition) is 1. The first-order valence-corrected chi connectivity index (χ1v) is 7.34. The minimum absolute atomic E-state index is 0.0882. The molecule has 0 amide bonds. The Morgan fingerprint density at radius 3 is 2.52 bits per heavy atom. The summed E-state index contributed by atoms with van der Waals surface area (Å²) in [5.74, 6) is 0.505. The smallest absolute Gasteiger partial charge is 0.219 e. The van der Waals surface area contributed by atoms with E-state index in [2.05, 4.69) is 20.9 Å². The molecule has 1 aromatic carbocycles. The van der Waals surface area contributed by atoms with Crippen molar-refractivity contribution in [2.75, 3.05) is 0 Å². The minimum atomic E-state index is -0.352. The molecular weight excluding hydrogens is 337 g/mol. The summed E-state index contributed by atoms with van der Waals surface area (Å²) < 4.78 is 19.2. The highest BCUT2D eigenvalue weighted by molar-refractivity contribution is 9.10. The molecule has 0 bridgehead atoms. The van der Waals surface area contributed by atoms with Crippen molar-refractivity contribution in [3.8, 4) is 11.6 Å². The zero-order valence-electron chi connectivity index (χ0n) is 12.2. The van der Waals surface area contributed by atoms with Crippen LogP contribution in [0, 0.1) is 5.82 Å². The first-order valence-electron chi connectivity index (χ1n) is 6.55. The van der Waals surface area contributed by atoms with Gasteiger partial charge < -0.3 is 9.84 Å². The van der Waals surface area contributed by atoms with Crippen LogP contribution in [0.4, 0.5) is 4.39 Å². The largest absolute Gasteiger partial charge is 0.439 e. The van der Waals surface area contributed by atoms with Gasteiger partial charge in [0.1, 0.15) is 11.6 Å². The summed E-state index contributed by atoms with van der Waals surface area (Å²) in [5, 5.41) is 9.36. The van der Waals surface area contributed by atoms with E-state index >= 15 is 0 Å². The van der Waals surface area contributed by atoms with Crippen molar-refractivity contribution in [2.45, 2.75) is 32.8 Å². The van der Waals surface area contributed by atoms with Crippen LogP contribution >= 0.6 is 15.9 Å². The molecule has 1 aromatic heterocycles. The summed E-state index contributed by atoms with van der Waals surface area (Å²) in [4.78, 5) is 4.46. The molecule has 0 radical (unpaired) electrons. The van der Waals surface area contributed by atoms with Crippen LogP contribution < -0.4 is 4.74 Å². The highest BCUT2D eigenvalue weighted by Gasteiger charge is 2.18. The number of pyridine rings is 1. The Hall–Kier alpha value is -1.46. The second-order valence-corrected chi connectivity index (χ2v) is 6.64. The zero-order chi connectivity index (χ0) is 15.6. The van der Waals surface area contributed by atoms with Gasteiger partial charge in [-0.3, -0.25) is 0 Å². The second-order valence-electron chi connectivity index (χ2n) is 5.78. The molecule has 3 nitrogen and oxygen atoms in total. The van der Waals surface area contributed by atoms with Gasteiger partial charge in [-0.2, -0.15) is 0 Å². The average Bonchev–Trinajstić information content (AvgIpc) is 2.41. The van der Waals surface area contributed by atoms with E-state index in [-0.39, 0.29) is 17.8 Å². The fraction of sp³-hybridized carbons (Fsp3) is 0.312. The molecule has 5 heteroatoms. The van der Waals surface area contributed by atoms with Crippen molar-refractivity contribution in [3.63, 3.8) is 0 Å². The van der Waals surface area contributed by atoms with E-state index < -0.39 is 0 Å². The van der Waals surface area contributed by atoms with Crippen molar-refractivity contribution in [3.05, 3.63) is 51.9 Å². The van der Waals surface area contributed by atoms with E-state index in [9.17, 15) is 9.50 Å². The van der Waals surface area contributed by atoms with Crippen LogP contribution in [-0.2, 0) is 12.0 Å². The first kappa shape index (κ1) is 15.9. The van der Waals surface area contributed by atoms with E-state index in [4.69, 9.17) is 4.74 Å². The number of aromatic nitrogens is 1. The molecule has 2 rings (SSSR count). The molecule has 21 heavy (non-hydrogen) atoms. The number of aliphatic hydroxyl groups is 1. The van der Waals surface area contributed by atoms with Gasteiger partial charge in [-0.25, -0.2) is 9.37 Å². The molecule has 0 atom stereocenters. The van der Waals surface area contributed by atoms with Gasteiger partial charge in [0.05, 0.1) is 16.8 Å². The number of hydrogen-bond acceptors (Lipinski definition) is 3. The van der Waals surface area contributed by atoms with Gasteiger partial charge in [-0.15, -0.1) is 0 Å². The SMILES string of the molecule is CC(C)(C)c1cc(CO)cc(Oc2ccc(F)c(Br)c2)n1. The molecule has 0 saturated heterocycles. The number of nitrogens with zero attached hydrogens (tertiary/aromatic N) is 1. The first-order chi connectivity index (χ1) is 9.79. The summed E-state index contributed by atoms with van der Waals surface area (Å²) >= 11 is 3.12. The van der Waals surface area contributed by atoms with E-state index in [1.54, 1.807) is 12.1 Å². The van der Waals surface area contributed by atoms with E-state index in [0.717, 1.165) is 11.3 Å². The maximum atomic E-state index is 13.2. The summed E-state index contributed by atoms with van der Waals surface area (Å²) in [7, 11) is 0.